The van der Waals surface area contributed by atoms with E-state index in [-0.39, 0.29) is 35.9 Å². The molecule has 1 saturated heterocycles. The lowest BCUT2D eigenvalue weighted by Gasteiger charge is -2.49. The average molecular weight is 623 g/mol. The van der Waals surface area contributed by atoms with E-state index in [9.17, 15) is 25.2 Å². The van der Waals surface area contributed by atoms with Crippen molar-refractivity contribution in [2.24, 2.45) is 35.5 Å². The summed E-state index contributed by atoms with van der Waals surface area (Å²) in [5.41, 5.74) is 1.78. The van der Waals surface area contributed by atoms with Crippen molar-refractivity contribution in [1.82, 2.24) is 0 Å². The number of carbonyl (C=O) groups excluding carboxylic acids is 1. The van der Waals surface area contributed by atoms with Gasteiger partial charge in [0, 0.05) is 37.2 Å². The number of cyclic esters (lactones) is 1. The maximum atomic E-state index is 13.5. The molecule has 0 spiro atoms. The average Bonchev–Trinajstić information content (AvgIpc) is 2.96. The van der Waals surface area contributed by atoms with Gasteiger partial charge in [0.2, 0.25) is 5.76 Å². The van der Waals surface area contributed by atoms with Crippen LogP contribution in [0.15, 0.2) is 47.3 Å². The summed E-state index contributed by atoms with van der Waals surface area (Å²) in [4.78, 5) is 13.5. The van der Waals surface area contributed by atoms with E-state index in [1.807, 2.05) is 66.7 Å². The van der Waals surface area contributed by atoms with Crippen molar-refractivity contribution in [3.8, 4) is 0 Å². The highest BCUT2D eigenvalue weighted by atomic mass is 16.6. The Kier molecular flexibility index (Phi) is 14.3. The molecule has 12 atom stereocenters. The molecule has 252 valence electrons. The zero-order valence-corrected chi connectivity index (χ0v) is 28.6. The van der Waals surface area contributed by atoms with Crippen molar-refractivity contribution in [1.29, 1.82) is 0 Å². The molecule has 0 radical (unpaired) electrons. The number of rotatable bonds is 7. The summed E-state index contributed by atoms with van der Waals surface area (Å²) < 4.78 is 23.4. The number of ether oxygens (including phenoxy) is 4. The molecule has 0 aliphatic carbocycles. The highest BCUT2D eigenvalue weighted by Gasteiger charge is 2.51. The van der Waals surface area contributed by atoms with Gasteiger partial charge in [0.1, 0.15) is 12.2 Å². The van der Waals surface area contributed by atoms with Crippen LogP contribution in [0.3, 0.4) is 0 Å². The fourth-order valence-corrected chi connectivity index (χ4v) is 6.54. The standard InChI is InChI=1S/C35H58O9/c1-19(2)32-24(7)27(36)18-35(40,44-32)26(9)31(38)25(8)33-28(41-10)14-12-13-20(3)15-22(5)30(37)23(6)16-21(4)17-29(42-11)34(39)43-33/h12-14,16-17,19,22-28,30-33,36-38,40H,15,18H2,1-11H3/b14-12-,20-13-,21-16-,29-17+. The zero-order chi connectivity index (χ0) is 33.5. The molecule has 2 aliphatic rings. The van der Waals surface area contributed by atoms with Crippen LogP contribution < -0.4 is 0 Å². The van der Waals surface area contributed by atoms with Crippen molar-refractivity contribution in [2.45, 2.75) is 118 Å². The van der Waals surface area contributed by atoms with Gasteiger partial charge in [-0.15, -0.1) is 0 Å². The van der Waals surface area contributed by atoms with Crippen LogP contribution >= 0.6 is 0 Å². The number of hydrogen-bond donors (Lipinski definition) is 4. The molecule has 0 aromatic carbocycles. The van der Waals surface area contributed by atoms with E-state index < -0.39 is 60.2 Å². The van der Waals surface area contributed by atoms with Crippen LogP contribution in [0.25, 0.3) is 0 Å². The largest absolute Gasteiger partial charge is 0.490 e. The van der Waals surface area contributed by atoms with Gasteiger partial charge in [-0.2, -0.15) is 0 Å². The lowest BCUT2D eigenvalue weighted by atomic mass is 9.76. The summed E-state index contributed by atoms with van der Waals surface area (Å²) in [7, 11) is 2.87. The fourth-order valence-electron chi connectivity index (χ4n) is 6.54. The Bertz CT molecular complexity index is 1060. The highest BCUT2D eigenvalue weighted by molar-refractivity contribution is 5.87. The molecule has 2 heterocycles. The maximum absolute atomic E-state index is 13.5. The molecule has 9 heteroatoms. The van der Waals surface area contributed by atoms with Gasteiger partial charge in [-0.1, -0.05) is 83.9 Å². The number of aliphatic hydroxyl groups excluding tert-OH is 3. The number of allylic oxidation sites excluding steroid dienone is 5. The van der Waals surface area contributed by atoms with Gasteiger partial charge in [-0.05, 0) is 38.2 Å². The molecule has 0 aromatic heterocycles. The molecule has 0 bridgehead atoms. The van der Waals surface area contributed by atoms with E-state index in [1.165, 1.54) is 14.2 Å². The second-order valence-electron chi connectivity index (χ2n) is 13.6. The van der Waals surface area contributed by atoms with Gasteiger partial charge in [-0.3, -0.25) is 0 Å². The summed E-state index contributed by atoms with van der Waals surface area (Å²) in [6.07, 6.45) is 4.85. The Morgan fingerprint density at radius 1 is 1.05 bits per heavy atom. The van der Waals surface area contributed by atoms with Crippen LogP contribution in [0.2, 0.25) is 0 Å². The Morgan fingerprint density at radius 2 is 1.68 bits per heavy atom. The van der Waals surface area contributed by atoms with Gasteiger partial charge in [0.25, 0.3) is 0 Å². The number of esters is 1. The molecule has 2 rings (SSSR count). The second kappa shape index (κ2) is 16.5. The quantitative estimate of drug-likeness (QED) is 0.298. The van der Waals surface area contributed by atoms with E-state index in [1.54, 1.807) is 26.0 Å². The van der Waals surface area contributed by atoms with E-state index in [4.69, 9.17) is 18.9 Å². The monoisotopic (exact) mass is 622 g/mol. The Balaban J connectivity index is 2.52. The number of aliphatic hydroxyl groups is 4. The molecule has 2 aliphatic heterocycles. The van der Waals surface area contributed by atoms with Gasteiger partial charge in [0.15, 0.2) is 5.79 Å². The molecule has 12 unspecified atom stereocenters. The van der Waals surface area contributed by atoms with Crippen LogP contribution in [0.1, 0.15) is 75.2 Å². The molecule has 0 amide bonds. The summed E-state index contributed by atoms with van der Waals surface area (Å²) in [6, 6.07) is 0. The number of carbonyl (C=O) groups is 1. The number of methoxy groups -OCH3 is 2. The smallest absolute Gasteiger partial charge is 0.373 e. The Labute approximate surface area is 264 Å². The first-order chi connectivity index (χ1) is 20.5. The molecule has 44 heavy (non-hydrogen) atoms. The molecule has 0 saturated carbocycles. The fraction of sp³-hybridized carbons (Fsp3) is 0.743. The molecule has 1 fully saturated rings. The van der Waals surface area contributed by atoms with E-state index in [0.29, 0.717) is 6.42 Å². The van der Waals surface area contributed by atoms with Crippen LogP contribution in [0, 0.1) is 35.5 Å². The third kappa shape index (κ3) is 9.50. The van der Waals surface area contributed by atoms with E-state index >= 15 is 0 Å². The van der Waals surface area contributed by atoms with Crippen molar-refractivity contribution < 1.29 is 44.2 Å². The minimum atomic E-state index is -1.80. The predicted molar refractivity (Wildman–Crippen MR) is 170 cm³/mol. The maximum Gasteiger partial charge on any atom is 0.373 e. The van der Waals surface area contributed by atoms with Crippen molar-refractivity contribution in [2.75, 3.05) is 14.2 Å². The second-order valence-corrected chi connectivity index (χ2v) is 13.6. The zero-order valence-electron chi connectivity index (χ0n) is 28.6. The van der Waals surface area contributed by atoms with Crippen LogP contribution in [0.5, 0.6) is 0 Å². The van der Waals surface area contributed by atoms with E-state index in [2.05, 4.69) is 0 Å². The summed E-state index contributed by atoms with van der Waals surface area (Å²) in [5, 5.41) is 45.0. The normalized spacial score (nSPS) is 41.2. The predicted octanol–water partition coefficient (Wildman–Crippen LogP) is 4.69. The first-order valence-electron chi connectivity index (χ1n) is 15.9. The summed E-state index contributed by atoms with van der Waals surface area (Å²) >= 11 is 0. The Hall–Kier alpha value is -2.01. The Morgan fingerprint density at radius 3 is 2.25 bits per heavy atom. The van der Waals surface area contributed by atoms with Gasteiger partial charge in [0.05, 0.1) is 31.5 Å². The third-order valence-electron chi connectivity index (χ3n) is 9.50. The van der Waals surface area contributed by atoms with E-state index in [0.717, 1.165) is 11.1 Å². The third-order valence-corrected chi connectivity index (χ3v) is 9.50. The van der Waals surface area contributed by atoms with Crippen molar-refractivity contribution >= 4 is 5.97 Å². The summed E-state index contributed by atoms with van der Waals surface area (Å²) in [5.74, 6) is -4.49. The topological polar surface area (TPSA) is 135 Å². The first-order valence-corrected chi connectivity index (χ1v) is 15.9. The van der Waals surface area contributed by atoms with Crippen LogP contribution in [-0.2, 0) is 23.7 Å². The van der Waals surface area contributed by atoms with Crippen LogP contribution in [-0.4, -0.2) is 83.0 Å². The van der Waals surface area contributed by atoms with Gasteiger partial charge >= 0.3 is 5.97 Å². The summed E-state index contributed by atoms with van der Waals surface area (Å²) in [6.45, 7) is 17.0. The molecule has 4 N–H and O–H groups in total. The van der Waals surface area contributed by atoms with Gasteiger partial charge < -0.3 is 39.4 Å². The van der Waals surface area contributed by atoms with Crippen molar-refractivity contribution in [3.05, 3.63) is 47.3 Å². The minimum absolute atomic E-state index is 0.00492. The molecular formula is C35H58O9. The molecule has 0 aromatic rings. The molecular weight excluding hydrogens is 564 g/mol. The first kappa shape index (κ1) is 38.2. The minimum Gasteiger partial charge on any atom is -0.490 e. The van der Waals surface area contributed by atoms with Gasteiger partial charge in [-0.25, -0.2) is 4.79 Å². The lowest BCUT2D eigenvalue weighted by Crippen LogP contribution is -2.59. The number of hydrogen-bond acceptors (Lipinski definition) is 9. The van der Waals surface area contributed by atoms with Crippen LogP contribution in [0.4, 0.5) is 0 Å². The highest BCUT2D eigenvalue weighted by Crippen LogP contribution is 2.41. The SMILES string of the molecule is CO/C1=C/C(C)=C\C(C)C(O)C(C)C/C(C)=C\C=C/C(OC)C(C(C)C(O)C(C)C2(O)CC(O)C(C)C(C(C)C)O2)OC1=O. The lowest BCUT2D eigenvalue weighted by molar-refractivity contribution is -0.328. The molecule has 9 nitrogen and oxygen atoms in total. The van der Waals surface area contributed by atoms with Crippen molar-refractivity contribution in [3.63, 3.8) is 0 Å².